The molecule has 5 heterocycles. The zero-order valence-electron chi connectivity index (χ0n) is 31.9. The van der Waals surface area contributed by atoms with Crippen molar-refractivity contribution in [2.24, 2.45) is 11.8 Å². The van der Waals surface area contributed by atoms with E-state index in [0.29, 0.717) is 48.2 Å². The molecule has 2 aromatic carbocycles. The van der Waals surface area contributed by atoms with Gasteiger partial charge in [0.05, 0.1) is 18.3 Å². The van der Waals surface area contributed by atoms with Crippen LogP contribution < -0.4 is 26.0 Å². The molecule has 8 rings (SSSR count). The van der Waals surface area contributed by atoms with E-state index in [1.165, 1.54) is 10.7 Å². The third-order valence-electron chi connectivity index (χ3n) is 9.94. The van der Waals surface area contributed by atoms with E-state index >= 15 is 0 Å². The van der Waals surface area contributed by atoms with Crippen LogP contribution in [0.1, 0.15) is 79.3 Å². The highest BCUT2D eigenvalue weighted by Crippen LogP contribution is 2.32. The second-order valence-corrected chi connectivity index (χ2v) is 15.2. The topological polar surface area (TPSA) is 187 Å². The molecule has 4 amide bonds. The van der Waals surface area contributed by atoms with Gasteiger partial charge in [-0.2, -0.15) is 10.2 Å². The van der Waals surface area contributed by atoms with Crippen molar-refractivity contribution in [3.63, 3.8) is 0 Å². The fourth-order valence-corrected chi connectivity index (χ4v) is 6.90. The van der Waals surface area contributed by atoms with E-state index in [1.807, 2.05) is 42.5 Å². The molecule has 15 nitrogen and oxygen atoms in total. The van der Waals surface area contributed by atoms with Crippen LogP contribution in [0, 0.1) is 11.8 Å². The van der Waals surface area contributed by atoms with Crippen molar-refractivity contribution in [2.45, 2.75) is 90.0 Å². The normalized spacial score (nSPS) is 21.1. The number of nitrogens with one attached hydrogen (secondary N) is 4. The van der Waals surface area contributed by atoms with E-state index in [4.69, 9.17) is 14.8 Å². The fraction of sp³-hybridized carbons (Fsp3) is 0.415. The van der Waals surface area contributed by atoms with Crippen LogP contribution >= 0.6 is 0 Å². The van der Waals surface area contributed by atoms with Crippen LogP contribution in [0.3, 0.4) is 0 Å². The standard InChI is InChI=1S/C41H48N10O5/c1-25(2)18-30-24-56-31-15-13-28(14-16-31)20-33(47-41(55)34-22-42-36-10-7-17-43-51(34)36)40(54)44-26(3)39(53)46-32(19-27-8-5-4-6-9-27)38-48-35(21-29-11-12-29)49-50(38)23-37(52)45-30/h4-10,13-17,22,25-26,29-30,32-33H,11-12,18-21,23-24H2,1-3H3,(H,44,54)(H,45,52)(H,46,53)(H,47,55)/t26-,30+,32-,33+/m1/s1. The second kappa shape index (κ2) is 17.1. The number of carbonyl (C=O) groups is 4. The van der Waals surface area contributed by atoms with Gasteiger partial charge in [-0.1, -0.05) is 56.3 Å². The van der Waals surface area contributed by atoms with Crippen LogP contribution in [0.5, 0.6) is 5.75 Å². The maximum Gasteiger partial charge on any atom is 0.272 e. The summed E-state index contributed by atoms with van der Waals surface area (Å²) in [6, 6.07) is 17.3. The minimum atomic E-state index is -1.07. The van der Waals surface area contributed by atoms with Crippen molar-refractivity contribution >= 4 is 29.3 Å². The lowest BCUT2D eigenvalue weighted by atomic mass is 10.0. The maximum atomic E-state index is 14.0. The summed E-state index contributed by atoms with van der Waals surface area (Å²) in [5.41, 5.74) is 2.33. The van der Waals surface area contributed by atoms with Crippen LogP contribution in [0.4, 0.5) is 0 Å². The van der Waals surface area contributed by atoms with Gasteiger partial charge in [0.2, 0.25) is 17.7 Å². The second-order valence-electron chi connectivity index (χ2n) is 15.2. The zero-order valence-corrected chi connectivity index (χ0v) is 31.9. The molecule has 4 atom stereocenters. The van der Waals surface area contributed by atoms with Crippen molar-refractivity contribution in [1.29, 1.82) is 0 Å². The van der Waals surface area contributed by atoms with Gasteiger partial charge in [0.1, 0.15) is 36.7 Å². The predicted octanol–water partition coefficient (Wildman–Crippen LogP) is 3.14. The van der Waals surface area contributed by atoms with E-state index in [-0.39, 0.29) is 43.1 Å². The van der Waals surface area contributed by atoms with Crippen molar-refractivity contribution in [1.82, 2.24) is 50.6 Å². The molecular formula is C41H48N10O5. The molecule has 0 saturated heterocycles. The number of hydrogen-bond acceptors (Lipinski definition) is 9. The first-order valence-corrected chi connectivity index (χ1v) is 19.3. The predicted molar refractivity (Wildman–Crippen MR) is 206 cm³/mol. The lowest BCUT2D eigenvalue weighted by Gasteiger charge is -2.25. The van der Waals surface area contributed by atoms with Gasteiger partial charge in [-0.05, 0) is 79.8 Å². The quantitative estimate of drug-likeness (QED) is 0.184. The number of carbonyl (C=O) groups excluding carboxylic acids is 4. The highest BCUT2D eigenvalue weighted by molar-refractivity contribution is 5.97. The Bertz CT molecular complexity index is 2160. The molecule has 0 spiro atoms. The molecule has 5 aromatic rings. The van der Waals surface area contributed by atoms with Crippen molar-refractivity contribution in [3.8, 4) is 5.75 Å². The molecule has 0 unspecified atom stereocenters. The Balaban J connectivity index is 1.21. The largest absolute Gasteiger partial charge is 0.491 e. The lowest BCUT2D eigenvalue weighted by Crippen LogP contribution is -2.54. The first-order valence-electron chi connectivity index (χ1n) is 19.3. The van der Waals surface area contributed by atoms with Crippen LogP contribution in [0.25, 0.3) is 5.65 Å². The Morgan fingerprint density at radius 1 is 0.946 bits per heavy atom. The maximum absolute atomic E-state index is 14.0. The number of amides is 4. The van der Waals surface area contributed by atoms with Crippen LogP contribution in [0.2, 0.25) is 0 Å². The first kappa shape index (κ1) is 38.2. The average molecular weight is 761 g/mol. The number of nitrogens with zero attached hydrogens (tertiary/aromatic N) is 6. The van der Waals surface area contributed by atoms with E-state index in [9.17, 15) is 19.2 Å². The minimum Gasteiger partial charge on any atom is -0.491 e. The fourth-order valence-electron chi connectivity index (χ4n) is 6.90. The van der Waals surface area contributed by atoms with Crippen molar-refractivity contribution in [3.05, 3.63) is 108 Å². The molecule has 15 heteroatoms. The number of fused-ring (bicyclic) bond motifs is 15. The molecule has 2 bridgehead atoms. The third kappa shape index (κ3) is 9.75. The van der Waals surface area contributed by atoms with Crippen molar-refractivity contribution < 1.29 is 23.9 Å². The first-order chi connectivity index (χ1) is 27.1. The Kier molecular flexibility index (Phi) is 11.7. The average Bonchev–Trinajstić information content (AvgIpc) is 3.74. The summed E-state index contributed by atoms with van der Waals surface area (Å²) in [6.07, 6.45) is 6.99. The summed E-state index contributed by atoms with van der Waals surface area (Å²) in [7, 11) is 0. The van der Waals surface area contributed by atoms with Crippen LogP contribution in [-0.2, 0) is 40.2 Å². The molecule has 4 N–H and O–H groups in total. The van der Waals surface area contributed by atoms with Gasteiger partial charge in [0.15, 0.2) is 17.3 Å². The lowest BCUT2D eigenvalue weighted by molar-refractivity contribution is -0.130. The summed E-state index contributed by atoms with van der Waals surface area (Å²) in [5, 5.41) is 21.0. The number of hydrogen-bond donors (Lipinski definition) is 4. The van der Waals surface area contributed by atoms with Gasteiger partial charge >= 0.3 is 0 Å². The molecule has 3 aromatic heterocycles. The Hall–Kier alpha value is -6.12. The summed E-state index contributed by atoms with van der Waals surface area (Å²) in [6.45, 7) is 5.90. The van der Waals surface area contributed by atoms with Crippen LogP contribution in [0.15, 0.2) is 79.1 Å². The van der Waals surface area contributed by atoms with E-state index in [1.54, 1.807) is 42.1 Å². The van der Waals surface area contributed by atoms with E-state index < -0.39 is 35.8 Å². The van der Waals surface area contributed by atoms with E-state index in [2.05, 4.69) is 45.2 Å². The molecule has 1 fully saturated rings. The molecule has 1 aliphatic carbocycles. The number of aromatic nitrogens is 6. The van der Waals surface area contributed by atoms with Gasteiger partial charge in [-0.25, -0.2) is 19.2 Å². The van der Waals surface area contributed by atoms with Gasteiger partial charge in [-0.15, -0.1) is 0 Å². The molecule has 1 saturated carbocycles. The minimum absolute atomic E-state index is 0.104. The number of benzene rings is 2. The Morgan fingerprint density at radius 3 is 2.48 bits per heavy atom. The molecule has 0 radical (unpaired) electrons. The van der Waals surface area contributed by atoms with E-state index in [0.717, 1.165) is 24.0 Å². The summed E-state index contributed by atoms with van der Waals surface area (Å²) >= 11 is 0. The molecule has 2 aliphatic heterocycles. The number of ether oxygens (including phenoxy) is 1. The molecular weight excluding hydrogens is 713 g/mol. The highest BCUT2D eigenvalue weighted by atomic mass is 16.5. The molecule has 56 heavy (non-hydrogen) atoms. The molecule has 292 valence electrons. The third-order valence-corrected chi connectivity index (χ3v) is 9.94. The summed E-state index contributed by atoms with van der Waals surface area (Å²) < 4.78 is 9.17. The summed E-state index contributed by atoms with van der Waals surface area (Å²) in [5.74, 6) is 0.613. The number of imidazole rings is 1. The monoisotopic (exact) mass is 760 g/mol. The highest BCUT2D eigenvalue weighted by Gasteiger charge is 2.31. The van der Waals surface area contributed by atoms with Gasteiger partial charge in [0.25, 0.3) is 5.91 Å². The Morgan fingerprint density at radius 2 is 1.73 bits per heavy atom. The number of rotatable bonds is 8. The summed E-state index contributed by atoms with van der Waals surface area (Å²) in [4.78, 5) is 64.6. The van der Waals surface area contributed by atoms with Crippen molar-refractivity contribution in [2.75, 3.05) is 6.61 Å². The van der Waals surface area contributed by atoms with Gasteiger partial charge in [-0.3, -0.25) is 19.2 Å². The SMILES string of the molecule is CC(C)C[C@H]1COc2ccc(cc2)C[C@H](NC(=O)c2cnc3cccnn23)C(=O)N[C@H](C)C(=O)N[C@H](Cc2ccccc2)c2nc(CC3CC3)nn2CC(=O)N1. The van der Waals surface area contributed by atoms with Gasteiger partial charge < -0.3 is 26.0 Å². The van der Waals surface area contributed by atoms with Crippen LogP contribution in [-0.4, -0.2) is 77.7 Å². The molecule has 3 aliphatic rings. The Labute approximate surface area is 325 Å². The van der Waals surface area contributed by atoms with Gasteiger partial charge in [0, 0.05) is 19.0 Å². The zero-order chi connectivity index (χ0) is 39.2. The smallest absolute Gasteiger partial charge is 0.272 e.